The Labute approximate surface area is 134 Å². The van der Waals surface area contributed by atoms with E-state index >= 15 is 0 Å². The van der Waals surface area contributed by atoms with Crippen molar-refractivity contribution < 1.29 is 9.47 Å². The Kier molecular flexibility index (Phi) is 5.39. The zero-order valence-corrected chi connectivity index (χ0v) is 13.9. The third-order valence-electron chi connectivity index (χ3n) is 3.44. The molecule has 0 N–H and O–H groups in total. The lowest BCUT2D eigenvalue weighted by Crippen LogP contribution is -2.21. The van der Waals surface area contributed by atoms with E-state index in [1.165, 1.54) is 0 Å². The molecule has 7 heteroatoms. The molecular formula is C15H20ClN3O3. The average molecular weight is 326 g/mol. The first-order valence-electron chi connectivity index (χ1n) is 6.87. The molecule has 0 aliphatic carbocycles. The summed E-state index contributed by atoms with van der Waals surface area (Å²) in [4.78, 5) is 16.2. The summed E-state index contributed by atoms with van der Waals surface area (Å²) in [5.74, 6) is 0.683. The molecule has 0 aromatic carbocycles. The maximum Gasteiger partial charge on any atom is 0.253 e. The highest BCUT2D eigenvalue weighted by Gasteiger charge is 2.18. The molecule has 0 saturated carbocycles. The summed E-state index contributed by atoms with van der Waals surface area (Å²) >= 11 is 6.09. The van der Waals surface area contributed by atoms with Crippen LogP contribution in [-0.4, -0.2) is 41.6 Å². The van der Waals surface area contributed by atoms with Crippen LogP contribution in [0.1, 0.15) is 11.6 Å². The normalized spacial score (nSPS) is 11.4. The molecule has 120 valence electrons. The first-order chi connectivity index (χ1) is 10.5. The number of aryl methyl sites for hydroxylation is 2. The van der Waals surface area contributed by atoms with Gasteiger partial charge in [0.1, 0.15) is 11.0 Å². The summed E-state index contributed by atoms with van der Waals surface area (Å²) in [5, 5.41) is 0.388. The fourth-order valence-electron chi connectivity index (χ4n) is 2.45. The van der Waals surface area contributed by atoms with E-state index in [9.17, 15) is 4.79 Å². The zero-order valence-electron chi connectivity index (χ0n) is 13.2. The maximum atomic E-state index is 11.9. The van der Waals surface area contributed by atoms with Crippen molar-refractivity contribution in [1.82, 2.24) is 14.1 Å². The average Bonchev–Trinajstić information content (AvgIpc) is 2.86. The van der Waals surface area contributed by atoms with Crippen LogP contribution in [0.25, 0.3) is 11.4 Å². The monoisotopic (exact) mass is 325 g/mol. The van der Waals surface area contributed by atoms with Crippen LogP contribution in [0.15, 0.2) is 23.3 Å². The molecule has 2 heterocycles. The van der Waals surface area contributed by atoms with Crippen molar-refractivity contribution in [1.29, 1.82) is 0 Å². The van der Waals surface area contributed by atoms with Crippen molar-refractivity contribution in [2.75, 3.05) is 27.4 Å². The van der Waals surface area contributed by atoms with Crippen LogP contribution in [-0.2, 0) is 16.5 Å². The molecule has 0 atom stereocenters. The fourth-order valence-corrected chi connectivity index (χ4v) is 2.63. The van der Waals surface area contributed by atoms with Crippen LogP contribution in [0.4, 0.5) is 0 Å². The van der Waals surface area contributed by atoms with Crippen molar-refractivity contribution >= 4 is 11.6 Å². The highest BCUT2D eigenvalue weighted by molar-refractivity contribution is 6.29. The van der Waals surface area contributed by atoms with E-state index in [2.05, 4.69) is 4.98 Å². The standard InChI is InChI=1S/C15H20ClN3O3/c1-10-5-11(6-18(2)15(10)20)14-17-13(16)7-19(14)12(8-21-3)9-22-4/h5-7,12H,8-9H2,1-4H3. The van der Waals surface area contributed by atoms with E-state index in [0.29, 0.717) is 29.8 Å². The smallest absolute Gasteiger partial charge is 0.253 e. The van der Waals surface area contributed by atoms with Gasteiger partial charge in [0, 0.05) is 44.8 Å². The van der Waals surface area contributed by atoms with E-state index < -0.39 is 0 Å². The number of aromatic nitrogens is 3. The second kappa shape index (κ2) is 7.09. The van der Waals surface area contributed by atoms with E-state index in [0.717, 1.165) is 5.56 Å². The van der Waals surface area contributed by atoms with Crippen molar-refractivity contribution in [2.24, 2.45) is 7.05 Å². The molecule has 2 aromatic rings. The van der Waals surface area contributed by atoms with Gasteiger partial charge >= 0.3 is 0 Å². The van der Waals surface area contributed by atoms with Gasteiger partial charge in [0.05, 0.1) is 19.3 Å². The lowest BCUT2D eigenvalue weighted by atomic mass is 10.2. The second-order valence-corrected chi connectivity index (χ2v) is 5.57. The summed E-state index contributed by atoms with van der Waals surface area (Å²) in [6, 6.07) is 1.76. The highest BCUT2D eigenvalue weighted by atomic mass is 35.5. The van der Waals surface area contributed by atoms with Gasteiger partial charge < -0.3 is 18.6 Å². The predicted octanol–water partition coefficient (Wildman–Crippen LogP) is 2.04. The number of nitrogens with zero attached hydrogens (tertiary/aromatic N) is 3. The fraction of sp³-hybridized carbons (Fsp3) is 0.467. The number of ether oxygens (including phenoxy) is 2. The Bertz CT molecular complexity index is 676. The lowest BCUT2D eigenvalue weighted by Gasteiger charge is -2.19. The molecule has 0 bridgehead atoms. The van der Waals surface area contributed by atoms with Crippen molar-refractivity contribution in [3.05, 3.63) is 39.5 Å². The molecular weight excluding hydrogens is 306 g/mol. The van der Waals surface area contributed by atoms with Gasteiger partial charge in [-0.3, -0.25) is 4.79 Å². The Hall–Kier alpha value is -1.63. The molecule has 22 heavy (non-hydrogen) atoms. The third-order valence-corrected chi connectivity index (χ3v) is 3.62. The number of hydrogen-bond donors (Lipinski definition) is 0. The molecule has 2 aromatic heterocycles. The lowest BCUT2D eigenvalue weighted by molar-refractivity contribution is 0.0901. The molecule has 0 aliphatic rings. The van der Waals surface area contributed by atoms with Gasteiger partial charge in [0.15, 0.2) is 0 Å². The largest absolute Gasteiger partial charge is 0.382 e. The van der Waals surface area contributed by atoms with Crippen LogP contribution < -0.4 is 5.56 Å². The molecule has 2 rings (SSSR count). The van der Waals surface area contributed by atoms with E-state index in [1.807, 2.05) is 10.6 Å². The Morgan fingerprint density at radius 3 is 2.45 bits per heavy atom. The topological polar surface area (TPSA) is 58.3 Å². The molecule has 0 unspecified atom stereocenters. The van der Waals surface area contributed by atoms with Crippen LogP contribution in [0.5, 0.6) is 0 Å². The SMILES string of the molecule is COCC(COC)n1cc(Cl)nc1-c1cc(C)c(=O)n(C)c1. The molecule has 0 fully saturated rings. The van der Waals surface area contributed by atoms with Crippen LogP contribution in [0.2, 0.25) is 5.15 Å². The first kappa shape index (κ1) is 16.7. The number of hydrogen-bond acceptors (Lipinski definition) is 4. The Balaban J connectivity index is 2.54. The van der Waals surface area contributed by atoms with Gasteiger partial charge in [0.25, 0.3) is 5.56 Å². The number of methoxy groups -OCH3 is 2. The van der Waals surface area contributed by atoms with E-state index in [1.54, 1.807) is 45.2 Å². The first-order valence-corrected chi connectivity index (χ1v) is 7.25. The van der Waals surface area contributed by atoms with E-state index in [-0.39, 0.29) is 11.6 Å². The van der Waals surface area contributed by atoms with Gasteiger partial charge in [-0.2, -0.15) is 0 Å². The Morgan fingerprint density at radius 1 is 1.27 bits per heavy atom. The van der Waals surface area contributed by atoms with Gasteiger partial charge in [-0.15, -0.1) is 0 Å². The number of halogens is 1. The molecule has 0 amide bonds. The van der Waals surface area contributed by atoms with Gasteiger partial charge in [-0.25, -0.2) is 4.98 Å². The predicted molar refractivity (Wildman–Crippen MR) is 85.4 cm³/mol. The summed E-state index contributed by atoms with van der Waals surface area (Å²) in [7, 11) is 4.99. The summed E-state index contributed by atoms with van der Waals surface area (Å²) in [6.45, 7) is 2.72. The minimum atomic E-state index is -0.0532. The van der Waals surface area contributed by atoms with Gasteiger partial charge in [-0.1, -0.05) is 11.6 Å². The minimum absolute atomic E-state index is 0.0294. The van der Waals surface area contributed by atoms with E-state index in [4.69, 9.17) is 21.1 Å². The third kappa shape index (κ3) is 3.40. The maximum absolute atomic E-state index is 11.9. The molecule has 0 aliphatic heterocycles. The number of imidazole rings is 1. The summed E-state index contributed by atoms with van der Waals surface area (Å²) < 4.78 is 14.0. The van der Waals surface area contributed by atoms with Crippen molar-refractivity contribution in [3.63, 3.8) is 0 Å². The Morgan fingerprint density at radius 2 is 1.91 bits per heavy atom. The van der Waals surface area contributed by atoms with Crippen LogP contribution >= 0.6 is 11.6 Å². The van der Waals surface area contributed by atoms with Crippen LogP contribution in [0.3, 0.4) is 0 Å². The van der Waals surface area contributed by atoms with Crippen LogP contribution in [0, 0.1) is 6.92 Å². The minimum Gasteiger partial charge on any atom is -0.382 e. The zero-order chi connectivity index (χ0) is 16.3. The second-order valence-electron chi connectivity index (χ2n) is 5.19. The quantitative estimate of drug-likeness (QED) is 0.815. The molecule has 0 radical (unpaired) electrons. The van der Waals surface area contributed by atoms with Crippen molar-refractivity contribution in [3.8, 4) is 11.4 Å². The number of rotatable bonds is 6. The molecule has 0 spiro atoms. The highest BCUT2D eigenvalue weighted by Crippen LogP contribution is 2.25. The summed E-state index contributed by atoms with van der Waals surface area (Å²) in [5.41, 5.74) is 1.45. The molecule has 0 saturated heterocycles. The van der Waals surface area contributed by atoms with Gasteiger partial charge in [-0.05, 0) is 13.0 Å². The summed E-state index contributed by atoms with van der Waals surface area (Å²) in [6.07, 6.45) is 3.50. The number of pyridine rings is 1. The molecule has 6 nitrogen and oxygen atoms in total. The van der Waals surface area contributed by atoms with Crippen molar-refractivity contribution in [2.45, 2.75) is 13.0 Å². The van der Waals surface area contributed by atoms with Gasteiger partial charge in [0.2, 0.25) is 0 Å².